The third-order valence-corrected chi connectivity index (χ3v) is 3.16. The second-order valence-electron chi connectivity index (χ2n) is 4.02. The Morgan fingerprint density at radius 3 is 2.29 bits per heavy atom. The number of hydrogen-bond acceptors (Lipinski definition) is 2. The lowest BCUT2D eigenvalue weighted by Crippen LogP contribution is -2.35. The van der Waals surface area contributed by atoms with Crippen molar-refractivity contribution in [2.45, 2.75) is 33.2 Å². The third kappa shape index (κ3) is 3.18. The minimum atomic E-state index is 0.0654. The summed E-state index contributed by atoms with van der Waals surface area (Å²) in [6, 6.07) is 0.115. The Kier molecular flexibility index (Phi) is 5.55. The number of aliphatic hydroxyl groups is 1. The number of aliphatic hydroxyl groups excluding tert-OH is 1. The summed E-state index contributed by atoms with van der Waals surface area (Å²) in [5, 5.41) is 9.32. The zero-order chi connectivity index (χ0) is 11.3. The first-order valence-corrected chi connectivity index (χ1v) is 5.21. The van der Waals surface area contributed by atoms with Crippen molar-refractivity contribution < 1.29 is 5.11 Å². The van der Waals surface area contributed by atoms with Gasteiger partial charge in [-0.15, -0.1) is 6.58 Å². The molecule has 0 spiro atoms. The predicted octanol–water partition coefficient (Wildman–Crippen LogP) is 2.87. The van der Waals surface area contributed by atoms with Gasteiger partial charge in [0.15, 0.2) is 0 Å². The number of rotatable bonds is 6. The van der Waals surface area contributed by atoms with E-state index in [0.29, 0.717) is 0 Å². The van der Waals surface area contributed by atoms with E-state index in [1.807, 2.05) is 13.0 Å². The van der Waals surface area contributed by atoms with Gasteiger partial charge in [0, 0.05) is 12.0 Å². The van der Waals surface area contributed by atoms with Gasteiger partial charge in [0.2, 0.25) is 0 Å². The summed E-state index contributed by atoms with van der Waals surface area (Å²) in [6.07, 6.45) is 2.81. The van der Waals surface area contributed by atoms with E-state index in [4.69, 9.17) is 5.73 Å². The maximum absolute atomic E-state index is 9.32. The molecule has 0 aliphatic rings. The van der Waals surface area contributed by atoms with Crippen molar-refractivity contribution in [3.63, 3.8) is 0 Å². The Bertz CT molecular complexity index is 200. The number of nitrogens with two attached hydrogens (primary N) is 1. The van der Waals surface area contributed by atoms with Gasteiger partial charge in [0.05, 0.1) is 5.76 Å². The summed E-state index contributed by atoms with van der Waals surface area (Å²) < 4.78 is 0. The fraction of sp³-hybridized carbons (Fsp3) is 0.667. The SMILES string of the molecule is C=C[C@H]([C@@H](C)[C@H](C)C(=C)O)[C@@H](N)CC. The molecule has 0 saturated carbocycles. The lowest BCUT2D eigenvalue weighted by atomic mass is 9.78. The molecule has 3 N–H and O–H groups in total. The van der Waals surface area contributed by atoms with Crippen LogP contribution in [0.3, 0.4) is 0 Å². The normalized spacial score (nSPS) is 19.4. The molecule has 0 aliphatic heterocycles. The van der Waals surface area contributed by atoms with Crippen molar-refractivity contribution in [3.8, 4) is 0 Å². The molecule has 2 nitrogen and oxygen atoms in total. The molecule has 0 fully saturated rings. The van der Waals surface area contributed by atoms with Gasteiger partial charge in [0.25, 0.3) is 0 Å². The van der Waals surface area contributed by atoms with Crippen LogP contribution in [0.1, 0.15) is 27.2 Å². The van der Waals surface area contributed by atoms with Gasteiger partial charge in [-0.05, 0) is 18.3 Å². The molecular formula is C12H23NO. The summed E-state index contributed by atoms with van der Waals surface area (Å²) >= 11 is 0. The van der Waals surface area contributed by atoms with E-state index in [-0.39, 0.29) is 29.6 Å². The second kappa shape index (κ2) is 5.86. The Morgan fingerprint density at radius 1 is 1.50 bits per heavy atom. The van der Waals surface area contributed by atoms with Gasteiger partial charge in [0.1, 0.15) is 0 Å². The fourth-order valence-electron chi connectivity index (χ4n) is 1.69. The van der Waals surface area contributed by atoms with Crippen LogP contribution in [0.4, 0.5) is 0 Å². The Balaban J connectivity index is 4.52. The van der Waals surface area contributed by atoms with E-state index in [9.17, 15) is 5.11 Å². The van der Waals surface area contributed by atoms with Gasteiger partial charge in [-0.3, -0.25) is 0 Å². The average molecular weight is 197 g/mol. The smallest absolute Gasteiger partial charge is 0.0882 e. The van der Waals surface area contributed by atoms with Crippen molar-refractivity contribution >= 4 is 0 Å². The second-order valence-corrected chi connectivity index (χ2v) is 4.02. The van der Waals surface area contributed by atoms with E-state index in [1.54, 1.807) is 0 Å². The van der Waals surface area contributed by atoms with Crippen LogP contribution in [-0.2, 0) is 0 Å². The van der Waals surface area contributed by atoms with Crippen LogP contribution in [0.2, 0.25) is 0 Å². The highest BCUT2D eigenvalue weighted by Gasteiger charge is 2.25. The Hall–Kier alpha value is -0.760. The Morgan fingerprint density at radius 2 is 2.00 bits per heavy atom. The standard InChI is InChI=1S/C12H23NO/c1-6-11(12(13)7-2)9(4)8(3)10(5)14/h6,8-9,11-12,14H,1,5,7,13H2,2-4H3/t8-,9-,11+,12-/m0/s1. The fourth-order valence-corrected chi connectivity index (χ4v) is 1.69. The molecule has 2 heteroatoms. The van der Waals surface area contributed by atoms with Crippen LogP contribution >= 0.6 is 0 Å². The lowest BCUT2D eigenvalue weighted by Gasteiger charge is -2.30. The predicted molar refractivity (Wildman–Crippen MR) is 62.1 cm³/mol. The topological polar surface area (TPSA) is 46.2 Å². The molecule has 0 aliphatic carbocycles. The van der Waals surface area contributed by atoms with Gasteiger partial charge in [-0.2, -0.15) is 0 Å². The molecule has 0 rings (SSSR count). The van der Waals surface area contributed by atoms with Crippen LogP contribution in [0.25, 0.3) is 0 Å². The molecule has 4 atom stereocenters. The molecule has 0 aromatic carbocycles. The van der Waals surface area contributed by atoms with Crippen molar-refractivity contribution in [2.75, 3.05) is 0 Å². The molecule has 0 unspecified atom stereocenters. The molecule has 0 bridgehead atoms. The van der Waals surface area contributed by atoms with E-state index >= 15 is 0 Å². The molecule has 0 amide bonds. The molecule has 0 saturated heterocycles. The first-order valence-electron chi connectivity index (χ1n) is 5.21. The Labute approximate surface area is 87.5 Å². The van der Waals surface area contributed by atoms with Crippen LogP contribution < -0.4 is 5.73 Å². The molecule has 0 aromatic heterocycles. The zero-order valence-electron chi connectivity index (χ0n) is 9.53. The van der Waals surface area contributed by atoms with E-state index in [0.717, 1.165) is 6.42 Å². The van der Waals surface area contributed by atoms with Crippen LogP contribution in [0.15, 0.2) is 25.0 Å². The quantitative estimate of drug-likeness (QED) is 0.508. The zero-order valence-corrected chi connectivity index (χ0v) is 9.53. The summed E-state index contributed by atoms with van der Waals surface area (Å²) in [7, 11) is 0. The summed E-state index contributed by atoms with van der Waals surface area (Å²) in [4.78, 5) is 0. The number of hydrogen-bond donors (Lipinski definition) is 2. The van der Waals surface area contributed by atoms with Crippen molar-refractivity contribution in [1.82, 2.24) is 0 Å². The largest absolute Gasteiger partial charge is 0.513 e. The molecule has 82 valence electrons. The van der Waals surface area contributed by atoms with Gasteiger partial charge in [-0.25, -0.2) is 0 Å². The molecular weight excluding hydrogens is 174 g/mol. The highest BCUT2D eigenvalue weighted by Crippen LogP contribution is 2.28. The highest BCUT2D eigenvalue weighted by atomic mass is 16.3. The van der Waals surface area contributed by atoms with Crippen LogP contribution in [0.5, 0.6) is 0 Å². The summed E-state index contributed by atoms with van der Waals surface area (Å²) in [6.45, 7) is 13.5. The molecule has 0 radical (unpaired) electrons. The third-order valence-electron chi connectivity index (χ3n) is 3.16. The number of allylic oxidation sites excluding steroid dienone is 1. The summed E-state index contributed by atoms with van der Waals surface area (Å²) in [5.74, 6) is 0.808. The van der Waals surface area contributed by atoms with E-state index in [2.05, 4.69) is 27.0 Å². The monoisotopic (exact) mass is 197 g/mol. The minimum Gasteiger partial charge on any atom is -0.513 e. The first-order chi connectivity index (χ1) is 6.45. The summed E-state index contributed by atoms with van der Waals surface area (Å²) in [5.41, 5.74) is 5.98. The van der Waals surface area contributed by atoms with Crippen molar-refractivity contribution in [3.05, 3.63) is 25.0 Å². The molecule has 0 heterocycles. The maximum Gasteiger partial charge on any atom is 0.0882 e. The maximum atomic E-state index is 9.32. The van der Waals surface area contributed by atoms with Gasteiger partial charge in [-0.1, -0.05) is 33.4 Å². The van der Waals surface area contributed by atoms with Gasteiger partial charge >= 0.3 is 0 Å². The first kappa shape index (κ1) is 13.2. The van der Waals surface area contributed by atoms with Gasteiger partial charge < -0.3 is 10.8 Å². The highest BCUT2D eigenvalue weighted by molar-refractivity contribution is 4.97. The van der Waals surface area contributed by atoms with Crippen molar-refractivity contribution in [2.24, 2.45) is 23.5 Å². The molecule has 0 aromatic rings. The molecule has 14 heavy (non-hydrogen) atoms. The van der Waals surface area contributed by atoms with Crippen molar-refractivity contribution in [1.29, 1.82) is 0 Å². The van der Waals surface area contributed by atoms with Crippen LogP contribution in [-0.4, -0.2) is 11.1 Å². The average Bonchev–Trinajstić information content (AvgIpc) is 2.16. The van der Waals surface area contributed by atoms with E-state index < -0.39 is 0 Å². The van der Waals surface area contributed by atoms with Crippen LogP contribution in [0, 0.1) is 17.8 Å². The van der Waals surface area contributed by atoms with E-state index in [1.165, 1.54) is 0 Å². The lowest BCUT2D eigenvalue weighted by molar-refractivity contribution is 0.231. The minimum absolute atomic E-state index is 0.0654.